The third-order valence-corrected chi connectivity index (χ3v) is 3.37. The summed E-state index contributed by atoms with van der Waals surface area (Å²) in [5.74, 6) is 0.511. The number of benzene rings is 1. The van der Waals surface area contributed by atoms with Crippen LogP contribution >= 0.6 is 15.9 Å². The lowest BCUT2D eigenvalue weighted by Crippen LogP contribution is -2.31. The zero-order chi connectivity index (χ0) is 10.7. The average molecular weight is 268 g/mol. The maximum absolute atomic E-state index is 12.1. The molecule has 0 saturated carbocycles. The molecule has 1 N–H and O–H groups in total. The van der Waals surface area contributed by atoms with Gasteiger partial charge in [-0.1, -0.05) is 28.1 Å². The van der Waals surface area contributed by atoms with Crippen LogP contribution in [0.4, 0.5) is 0 Å². The molecule has 2 nitrogen and oxygen atoms in total. The minimum atomic E-state index is 0.215. The molecule has 15 heavy (non-hydrogen) atoms. The van der Waals surface area contributed by atoms with Crippen molar-refractivity contribution >= 4 is 21.7 Å². The molecular formula is C12H14BrNO. The highest BCUT2D eigenvalue weighted by Gasteiger charge is 2.21. The predicted molar refractivity (Wildman–Crippen MR) is 64.1 cm³/mol. The molecule has 0 spiro atoms. The van der Waals surface area contributed by atoms with Gasteiger partial charge in [0, 0.05) is 16.0 Å². The Bertz CT molecular complexity index is 341. The van der Waals surface area contributed by atoms with E-state index in [1.807, 2.05) is 24.3 Å². The molecule has 0 amide bonds. The highest BCUT2D eigenvalue weighted by Crippen LogP contribution is 2.19. The van der Waals surface area contributed by atoms with Crippen LogP contribution < -0.4 is 5.32 Å². The maximum Gasteiger partial charge on any atom is 0.166 e. The van der Waals surface area contributed by atoms with Crippen molar-refractivity contribution in [2.45, 2.75) is 12.8 Å². The largest absolute Gasteiger partial charge is 0.317 e. The Labute approximate surface area is 98.2 Å². The van der Waals surface area contributed by atoms with Crippen LogP contribution in [0.1, 0.15) is 23.2 Å². The molecule has 1 fully saturated rings. The highest BCUT2D eigenvalue weighted by molar-refractivity contribution is 9.10. The quantitative estimate of drug-likeness (QED) is 0.835. The van der Waals surface area contributed by atoms with E-state index in [2.05, 4.69) is 21.2 Å². The molecule has 3 heteroatoms. The Kier molecular flexibility index (Phi) is 3.54. The van der Waals surface area contributed by atoms with Crippen molar-refractivity contribution in [3.05, 3.63) is 34.3 Å². The first-order valence-electron chi connectivity index (χ1n) is 5.28. The molecule has 1 aliphatic heterocycles. The summed E-state index contributed by atoms with van der Waals surface area (Å²) in [6, 6.07) is 7.64. The van der Waals surface area contributed by atoms with E-state index in [-0.39, 0.29) is 5.92 Å². The molecule has 0 radical (unpaired) electrons. The minimum Gasteiger partial charge on any atom is -0.317 e. The summed E-state index contributed by atoms with van der Waals surface area (Å²) in [7, 11) is 0. The lowest BCUT2D eigenvalue weighted by atomic mass is 9.90. The molecule has 0 atom stereocenters. The van der Waals surface area contributed by atoms with Crippen LogP contribution in [0.15, 0.2) is 28.7 Å². The zero-order valence-corrected chi connectivity index (χ0v) is 10.1. The van der Waals surface area contributed by atoms with Gasteiger partial charge in [-0.25, -0.2) is 0 Å². The first-order valence-corrected chi connectivity index (χ1v) is 6.07. The van der Waals surface area contributed by atoms with Gasteiger partial charge in [-0.05, 0) is 38.1 Å². The molecule has 2 rings (SSSR count). The zero-order valence-electron chi connectivity index (χ0n) is 8.50. The molecule has 1 saturated heterocycles. The molecule has 0 aliphatic carbocycles. The standard InChI is InChI=1S/C12H14BrNO/c13-11-3-1-9(2-4-11)12(15)10-5-7-14-8-6-10/h1-4,10,14H,5-8H2. The first-order chi connectivity index (χ1) is 7.27. The number of hydrogen-bond acceptors (Lipinski definition) is 2. The van der Waals surface area contributed by atoms with Crippen LogP contribution in [0.5, 0.6) is 0 Å². The van der Waals surface area contributed by atoms with Crippen molar-refractivity contribution in [2.24, 2.45) is 5.92 Å². The van der Waals surface area contributed by atoms with Crippen LogP contribution in [-0.4, -0.2) is 18.9 Å². The Morgan fingerprint density at radius 3 is 2.40 bits per heavy atom. The molecular weight excluding hydrogens is 254 g/mol. The van der Waals surface area contributed by atoms with E-state index in [9.17, 15) is 4.79 Å². The summed E-state index contributed by atoms with van der Waals surface area (Å²) in [6.45, 7) is 1.93. The number of hydrogen-bond donors (Lipinski definition) is 1. The van der Waals surface area contributed by atoms with Gasteiger partial charge in [0.15, 0.2) is 5.78 Å². The van der Waals surface area contributed by atoms with E-state index in [1.165, 1.54) is 0 Å². The topological polar surface area (TPSA) is 29.1 Å². The SMILES string of the molecule is O=C(c1ccc(Br)cc1)C1CCNCC1. The fourth-order valence-corrected chi connectivity index (χ4v) is 2.20. The van der Waals surface area contributed by atoms with Crippen LogP contribution in [0.3, 0.4) is 0 Å². The number of rotatable bonds is 2. The van der Waals surface area contributed by atoms with E-state index in [0.717, 1.165) is 36.0 Å². The van der Waals surface area contributed by atoms with Crippen molar-refractivity contribution < 1.29 is 4.79 Å². The molecule has 80 valence electrons. The van der Waals surface area contributed by atoms with Gasteiger partial charge in [-0.2, -0.15) is 0 Å². The Balaban J connectivity index is 2.09. The van der Waals surface area contributed by atoms with E-state index in [1.54, 1.807) is 0 Å². The van der Waals surface area contributed by atoms with Crippen molar-refractivity contribution in [2.75, 3.05) is 13.1 Å². The molecule has 1 aliphatic rings. The van der Waals surface area contributed by atoms with Gasteiger partial charge in [-0.15, -0.1) is 0 Å². The number of nitrogens with one attached hydrogen (secondary N) is 1. The van der Waals surface area contributed by atoms with Crippen molar-refractivity contribution in [3.8, 4) is 0 Å². The number of Topliss-reactive ketones (excluding diaryl/α,β-unsaturated/α-hetero) is 1. The van der Waals surface area contributed by atoms with Gasteiger partial charge in [0.05, 0.1) is 0 Å². The molecule has 1 aromatic rings. The van der Waals surface area contributed by atoms with Crippen LogP contribution in [0.2, 0.25) is 0 Å². The summed E-state index contributed by atoms with van der Waals surface area (Å²) in [5, 5.41) is 3.27. The van der Waals surface area contributed by atoms with Gasteiger partial charge in [-0.3, -0.25) is 4.79 Å². The van der Waals surface area contributed by atoms with Gasteiger partial charge in [0.25, 0.3) is 0 Å². The summed E-state index contributed by atoms with van der Waals surface area (Å²) >= 11 is 3.37. The number of halogens is 1. The molecule has 1 aromatic carbocycles. The van der Waals surface area contributed by atoms with Gasteiger partial charge in [0.1, 0.15) is 0 Å². The second-order valence-corrected chi connectivity index (χ2v) is 4.81. The first kappa shape index (κ1) is 10.8. The number of ketones is 1. The maximum atomic E-state index is 12.1. The third-order valence-electron chi connectivity index (χ3n) is 2.84. The number of piperidine rings is 1. The number of carbonyl (C=O) groups is 1. The second kappa shape index (κ2) is 4.90. The molecule has 0 unspecified atom stereocenters. The predicted octanol–water partition coefficient (Wildman–Crippen LogP) is 2.63. The van der Waals surface area contributed by atoms with Crippen molar-refractivity contribution in [3.63, 3.8) is 0 Å². The van der Waals surface area contributed by atoms with E-state index >= 15 is 0 Å². The fraction of sp³-hybridized carbons (Fsp3) is 0.417. The van der Waals surface area contributed by atoms with E-state index < -0.39 is 0 Å². The highest BCUT2D eigenvalue weighted by atomic mass is 79.9. The Morgan fingerprint density at radius 2 is 1.80 bits per heavy atom. The van der Waals surface area contributed by atoms with Gasteiger partial charge < -0.3 is 5.32 Å². The van der Waals surface area contributed by atoms with Crippen LogP contribution in [0, 0.1) is 5.92 Å². The Morgan fingerprint density at radius 1 is 1.20 bits per heavy atom. The summed E-state index contributed by atoms with van der Waals surface area (Å²) < 4.78 is 1.02. The van der Waals surface area contributed by atoms with Gasteiger partial charge in [0.2, 0.25) is 0 Å². The van der Waals surface area contributed by atoms with Crippen LogP contribution in [0.25, 0.3) is 0 Å². The molecule has 0 bridgehead atoms. The second-order valence-electron chi connectivity index (χ2n) is 3.90. The molecule has 0 aromatic heterocycles. The van der Waals surface area contributed by atoms with Crippen molar-refractivity contribution in [1.82, 2.24) is 5.32 Å². The summed E-state index contributed by atoms with van der Waals surface area (Å²) in [4.78, 5) is 12.1. The van der Waals surface area contributed by atoms with Crippen LogP contribution in [-0.2, 0) is 0 Å². The minimum absolute atomic E-state index is 0.215. The summed E-state index contributed by atoms with van der Waals surface area (Å²) in [5.41, 5.74) is 0.838. The van der Waals surface area contributed by atoms with E-state index in [0.29, 0.717) is 5.78 Å². The molecule has 1 heterocycles. The third kappa shape index (κ3) is 2.67. The normalized spacial score (nSPS) is 17.7. The summed E-state index contributed by atoms with van der Waals surface area (Å²) in [6.07, 6.45) is 1.93. The monoisotopic (exact) mass is 267 g/mol. The van der Waals surface area contributed by atoms with Gasteiger partial charge >= 0.3 is 0 Å². The number of carbonyl (C=O) groups excluding carboxylic acids is 1. The average Bonchev–Trinajstić information content (AvgIpc) is 2.30. The van der Waals surface area contributed by atoms with Crippen molar-refractivity contribution in [1.29, 1.82) is 0 Å². The fourth-order valence-electron chi connectivity index (χ4n) is 1.93. The van der Waals surface area contributed by atoms with E-state index in [4.69, 9.17) is 0 Å². The lowest BCUT2D eigenvalue weighted by Gasteiger charge is -2.21. The smallest absolute Gasteiger partial charge is 0.166 e. The lowest BCUT2D eigenvalue weighted by molar-refractivity contribution is 0.0895. The Hall–Kier alpha value is -0.670.